The molecule has 0 spiro atoms. The van der Waals surface area contributed by atoms with Gasteiger partial charge in [-0.05, 0) is 25.7 Å². The Kier molecular flexibility index (Phi) is 8.88. The van der Waals surface area contributed by atoms with E-state index in [1.54, 1.807) is 0 Å². The first kappa shape index (κ1) is 15.2. The fourth-order valence-electron chi connectivity index (χ4n) is 1.30. The van der Waals surface area contributed by atoms with Gasteiger partial charge in [0.05, 0.1) is 0 Å². The maximum atomic E-state index is 10.6. The van der Waals surface area contributed by atoms with E-state index in [-0.39, 0.29) is 5.41 Å². The lowest BCUT2D eigenvalue weighted by atomic mass is 9.91. The Balaban J connectivity index is 3.48. The van der Waals surface area contributed by atoms with Crippen molar-refractivity contribution in [2.75, 3.05) is 0 Å². The summed E-state index contributed by atoms with van der Waals surface area (Å²) in [6, 6.07) is 0. The first-order chi connectivity index (χ1) is 7.62. The van der Waals surface area contributed by atoms with Gasteiger partial charge in [0.2, 0.25) is 0 Å². The van der Waals surface area contributed by atoms with E-state index in [4.69, 9.17) is 0 Å². The van der Waals surface area contributed by atoms with E-state index in [2.05, 4.69) is 31.2 Å². The molecule has 16 heavy (non-hydrogen) atoms. The van der Waals surface area contributed by atoms with Crippen LogP contribution in [0.3, 0.4) is 0 Å². The van der Waals surface area contributed by atoms with Gasteiger partial charge in [0.15, 0.2) is 0 Å². The molecule has 0 fully saturated rings. The van der Waals surface area contributed by atoms with Crippen LogP contribution < -0.4 is 0 Å². The molecule has 0 unspecified atom stereocenters. The molecular weight excluding hydrogens is 196 g/mol. The lowest BCUT2D eigenvalue weighted by Crippen LogP contribution is -2.10. The zero-order valence-electron chi connectivity index (χ0n) is 11.0. The van der Waals surface area contributed by atoms with Gasteiger partial charge in [0.1, 0.15) is 6.29 Å². The molecule has 0 bridgehead atoms. The van der Waals surface area contributed by atoms with Crippen LogP contribution >= 0.6 is 0 Å². The van der Waals surface area contributed by atoms with Crippen molar-refractivity contribution in [3.8, 4) is 0 Å². The number of carbonyl (C=O) groups is 1. The van der Waals surface area contributed by atoms with Gasteiger partial charge < -0.3 is 4.79 Å². The summed E-state index contributed by atoms with van der Waals surface area (Å²) in [4.78, 5) is 10.6. The molecule has 92 valence electrons. The highest BCUT2D eigenvalue weighted by molar-refractivity contribution is 5.58. The standard InChI is InChI=1S/C15H26O/c1-4-5-6-7-8-9-10-11-12-13-15(2,3)14-16/h7-8,11-12,14H,4-6,9-10,13H2,1-3H3. The number of carbonyl (C=O) groups excluding carboxylic acids is 1. The minimum absolute atomic E-state index is 0.201. The summed E-state index contributed by atoms with van der Waals surface area (Å²) in [7, 11) is 0. The van der Waals surface area contributed by atoms with Crippen molar-refractivity contribution >= 4 is 6.29 Å². The molecule has 0 aromatic rings. The number of allylic oxidation sites excluding steroid dienone is 4. The minimum atomic E-state index is -0.201. The molecule has 0 rings (SSSR count). The predicted octanol–water partition coefficient (Wildman–Crippen LogP) is 4.68. The Morgan fingerprint density at radius 2 is 1.50 bits per heavy atom. The highest BCUT2D eigenvalue weighted by Crippen LogP contribution is 2.17. The van der Waals surface area contributed by atoms with Crippen LogP contribution in [0.5, 0.6) is 0 Å². The number of hydrogen-bond donors (Lipinski definition) is 0. The van der Waals surface area contributed by atoms with Gasteiger partial charge in [0.25, 0.3) is 0 Å². The quantitative estimate of drug-likeness (QED) is 0.314. The van der Waals surface area contributed by atoms with Gasteiger partial charge in [-0.15, -0.1) is 0 Å². The lowest BCUT2D eigenvalue weighted by molar-refractivity contribution is -0.114. The Morgan fingerprint density at radius 1 is 0.938 bits per heavy atom. The molecular formula is C15H26O. The van der Waals surface area contributed by atoms with Gasteiger partial charge in [-0.3, -0.25) is 0 Å². The van der Waals surface area contributed by atoms with Crippen molar-refractivity contribution in [3.63, 3.8) is 0 Å². The van der Waals surface area contributed by atoms with Gasteiger partial charge in [-0.2, -0.15) is 0 Å². The summed E-state index contributed by atoms with van der Waals surface area (Å²) in [5.41, 5.74) is -0.201. The van der Waals surface area contributed by atoms with Crippen molar-refractivity contribution in [1.29, 1.82) is 0 Å². The molecule has 0 aliphatic carbocycles. The molecule has 0 aliphatic rings. The minimum Gasteiger partial charge on any atom is -0.303 e. The van der Waals surface area contributed by atoms with Gasteiger partial charge in [0, 0.05) is 5.41 Å². The zero-order chi connectivity index (χ0) is 12.3. The Labute approximate surface area is 101 Å². The van der Waals surface area contributed by atoms with Gasteiger partial charge >= 0.3 is 0 Å². The second-order valence-electron chi connectivity index (χ2n) is 4.97. The average molecular weight is 222 g/mol. The number of hydrogen-bond acceptors (Lipinski definition) is 1. The summed E-state index contributed by atoms with van der Waals surface area (Å²) < 4.78 is 0. The van der Waals surface area contributed by atoms with Crippen molar-refractivity contribution in [3.05, 3.63) is 24.3 Å². The lowest BCUT2D eigenvalue weighted by Gasteiger charge is -2.12. The fraction of sp³-hybridized carbons (Fsp3) is 0.667. The fourth-order valence-corrected chi connectivity index (χ4v) is 1.30. The molecule has 0 saturated carbocycles. The second kappa shape index (κ2) is 9.38. The average Bonchev–Trinajstić information content (AvgIpc) is 2.27. The molecule has 1 nitrogen and oxygen atoms in total. The first-order valence-electron chi connectivity index (χ1n) is 6.38. The van der Waals surface area contributed by atoms with E-state index >= 15 is 0 Å². The van der Waals surface area contributed by atoms with Crippen LogP contribution in [0.25, 0.3) is 0 Å². The normalized spacial score (nSPS) is 12.7. The third-order valence-electron chi connectivity index (χ3n) is 2.52. The summed E-state index contributed by atoms with van der Waals surface area (Å²) in [6.07, 6.45) is 16.7. The Bertz CT molecular complexity index is 224. The van der Waals surface area contributed by atoms with Crippen LogP contribution in [-0.2, 0) is 4.79 Å². The molecule has 0 aliphatic heterocycles. The second-order valence-corrected chi connectivity index (χ2v) is 4.97. The number of rotatable bonds is 9. The van der Waals surface area contributed by atoms with E-state index in [1.807, 2.05) is 13.8 Å². The summed E-state index contributed by atoms with van der Waals surface area (Å²) in [5.74, 6) is 0. The smallest absolute Gasteiger partial charge is 0.125 e. The van der Waals surface area contributed by atoms with E-state index in [0.717, 1.165) is 25.5 Å². The third kappa shape index (κ3) is 9.70. The van der Waals surface area contributed by atoms with Crippen LogP contribution in [0.4, 0.5) is 0 Å². The molecule has 0 radical (unpaired) electrons. The molecule has 0 heterocycles. The van der Waals surface area contributed by atoms with E-state index < -0.39 is 0 Å². The highest BCUT2D eigenvalue weighted by Gasteiger charge is 2.13. The monoisotopic (exact) mass is 222 g/mol. The Hall–Kier alpha value is -0.850. The number of unbranched alkanes of at least 4 members (excludes halogenated alkanes) is 3. The summed E-state index contributed by atoms with van der Waals surface area (Å²) >= 11 is 0. The van der Waals surface area contributed by atoms with E-state index in [1.165, 1.54) is 19.3 Å². The van der Waals surface area contributed by atoms with Crippen molar-refractivity contribution in [2.45, 2.75) is 59.3 Å². The molecule has 0 amide bonds. The van der Waals surface area contributed by atoms with Gasteiger partial charge in [-0.1, -0.05) is 57.9 Å². The first-order valence-corrected chi connectivity index (χ1v) is 6.38. The highest BCUT2D eigenvalue weighted by atomic mass is 16.1. The maximum absolute atomic E-state index is 10.6. The maximum Gasteiger partial charge on any atom is 0.125 e. The SMILES string of the molecule is CCCCC=CCCC=CCC(C)(C)C=O. The largest absolute Gasteiger partial charge is 0.303 e. The van der Waals surface area contributed by atoms with Gasteiger partial charge in [-0.25, -0.2) is 0 Å². The van der Waals surface area contributed by atoms with E-state index in [9.17, 15) is 4.79 Å². The molecule has 0 atom stereocenters. The van der Waals surface area contributed by atoms with Crippen molar-refractivity contribution in [1.82, 2.24) is 0 Å². The molecule has 0 aromatic carbocycles. The predicted molar refractivity (Wildman–Crippen MR) is 71.5 cm³/mol. The Morgan fingerprint density at radius 3 is 2.06 bits per heavy atom. The van der Waals surface area contributed by atoms with E-state index in [0.29, 0.717) is 0 Å². The van der Waals surface area contributed by atoms with Crippen LogP contribution in [0.15, 0.2) is 24.3 Å². The van der Waals surface area contributed by atoms with Crippen molar-refractivity contribution in [2.24, 2.45) is 5.41 Å². The zero-order valence-corrected chi connectivity index (χ0v) is 11.0. The van der Waals surface area contributed by atoms with Crippen LogP contribution in [0.1, 0.15) is 59.3 Å². The summed E-state index contributed by atoms with van der Waals surface area (Å²) in [6.45, 7) is 6.15. The van der Waals surface area contributed by atoms with Crippen molar-refractivity contribution < 1.29 is 4.79 Å². The molecule has 0 N–H and O–H groups in total. The van der Waals surface area contributed by atoms with Crippen LogP contribution in [0, 0.1) is 5.41 Å². The summed E-state index contributed by atoms with van der Waals surface area (Å²) in [5, 5.41) is 0. The molecule has 0 saturated heterocycles. The molecule has 1 heteroatoms. The number of aldehydes is 1. The van der Waals surface area contributed by atoms with Crippen LogP contribution in [-0.4, -0.2) is 6.29 Å². The van der Waals surface area contributed by atoms with Crippen LogP contribution in [0.2, 0.25) is 0 Å². The topological polar surface area (TPSA) is 17.1 Å². The molecule has 0 aromatic heterocycles. The third-order valence-corrected chi connectivity index (χ3v) is 2.52.